The lowest BCUT2D eigenvalue weighted by molar-refractivity contribution is -0.144. The van der Waals surface area contributed by atoms with Gasteiger partial charge in [-0.1, -0.05) is 12.5 Å². The molecule has 0 saturated heterocycles. The van der Waals surface area contributed by atoms with Crippen molar-refractivity contribution in [2.45, 2.75) is 39.2 Å². The van der Waals surface area contributed by atoms with Gasteiger partial charge in [0.15, 0.2) is 6.10 Å². The highest BCUT2D eigenvalue weighted by Gasteiger charge is 2.25. The summed E-state index contributed by atoms with van der Waals surface area (Å²) in [6.07, 6.45) is 1.52. The number of carboxylic acids is 1. The molecule has 0 saturated carbocycles. The van der Waals surface area contributed by atoms with Crippen LogP contribution in [0.4, 0.5) is 0 Å². The Labute approximate surface area is 78.1 Å². The van der Waals surface area contributed by atoms with Gasteiger partial charge in [0.1, 0.15) is 0 Å². The van der Waals surface area contributed by atoms with Crippen LogP contribution in [0.15, 0.2) is 11.1 Å². The van der Waals surface area contributed by atoms with Gasteiger partial charge in [0.05, 0.1) is 0 Å². The van der Waals surface area contributed by atoms with E-state index >= 15 is 0 Å². The van der Waals surface area contributed by atoms with Gasteiger partial charge in [0, 0.05) is 0 Å². The molecule has 2 N–H and O–H groups in total. The Kier molecular flexibility index (Phi) is 3.09. The van der Waals surface area contributed by atoms with Gasteiger partial charge in [-0.3, -0.25) is 0 Å². The van der Waals surface area contributed by atoms with Gasteiger partial charge >= 0.3 is 5.97 Å². The molecule has 1 rings (SSSR count). The van der Waals surface area contributed by atoms with Crippen LogP contribution in [-0.4, -0.2) is 22.3 Å². The van der Waals surface area contributed by atoms with Gasteiger partial charge in [-0.05, 0) is 37.7 Å². The molecule has 0 radical (unpaired) electrons. The average Bonchev–Trinajstić information content (AvgIpc) is 2.08. The van der Waals surface area contributed by atoms with Crippen molar-refractivity contribution < 1.29 is 15.0 Å². The zero-order chi connectivity index (χ0) is 10.0. The topological polar surface area (TPSA) is 57.5 Å². The molecule has 1 aliphatic rings. The SMILES string of the molecule is CC1=C(C(O)C(=O)O)CCCC1C. The van der Waals surface area contributed by atoms with Crippen LogP contribution < -0.4 is 0 Å². The number of carbonyl (C=O) groups is 1. The van der Waals surface area contributed by atoms with Gasteiger partial charge in [-0.15, -0.1) is 0 Å². The Morgan fingerprint density at radius 2 is 2.23 bits per heavy atom. The molecule has 3 heteroatoms. The molecule has 0 aliphatic heterocycles. The Bertz CT molecular complexity index is 243. The minimum atomic E-state index is -1.29. The zero-order valence-electron chi connectivity index (χ0n) is 8.08. The molecule has 3 nitrogen and oxygen atoms in total. The van der Waals surface area contributed by atoms with Gasteiger partial charge in [0.2, 0.25) is 0 Å². The Morgan fingerprint density at radius 3 is 2.77 bits per heavy atom. The highest BCUT2D eigenvalue weighted by molar-refractivity contribution is 5.76. The van der Waals surface area contributed by atoms with Crippen molar-refractivity contribution in [1.82, 2.24) is 0 Å². The maximum Gasteiger partial charge on any atom is 0.336 e. The molecule has 74 valence electrons. The summed E-state index contributed by atoms with van der Waals surface area (Å²) in [5, 5.41) is 18.0. The van der Waals surface area contributed by atoms with E-state index in [1.807, 2.05) is 6.92 Å². The van der Waals surface area contributed by atoms with Gasteiger partial charge in [-0.25, -0.2) is 4.79 Å². The molecule has 1 aliphatic carbocycles. The first-order valence-corrected chi connectivity index (χ1v) is 4.64. The van der Waals surface area contributed by atoms with Crippen molar-refractivity contribution in [2.24, 2.45) is 5.92 Å². The zero-order valence-corrected chi connectivity index (χ0v) is 8.08. The van der Waals surface area contributed by atoms with E-state index in [4.69, 9.17) is 5.11 Å². The van der Waals surface area contributed by atoms with Crippen LogP contribution in [0.2, 0.25) is 0 Å². The van der Waals surface area contributed by atoms with Crippen molar-refractivity contribution >= 4 is 5.97 Å². The van der Waals surface area contributed by atoms with Gasteiger partial charge < -0.3 is 10.2 Å². The lowest BCUT2D eigenvalue weighted by atomic mass is 9.82. The molecule has 13 heavy (non-hydrogen) atoms. The smallest absolute Gasteiger partial charge is 0.336 e. The number of rotatable bonds is 2. The Balaban J connectivity index is 2.88. The molecule has 2 atom stereocenters. The number of hydrogen-bond acceptors (Lipinski definition) is 2. The molecule has 0 aromatic heterocycles. The summed E-state index contributed by atoms with van der Waals surface area (Å²) in [6, 6.07) is 0. The van der Waals surface area contributed by atoms with E-state index in [-0.39, 0.29) is 0 Å². The van der Waals surface area contributed by atoms with Crippen LogP contribution in [0.5, 0.6) is 0 Å². The lowest BCUT2D eigenvalue weighted by Crippen LogP contribution is -2.26. The maximum absolute atomic E-state index is 10.6. The van der Waals surface area contributed by atoms with Crippen molar-refractivity contribution in [1.29, 1.82) is 0 Å². The van der Waals surface area contributed by atoms with Crippen LogP contribution in [0.1, 0.15) is 33.1 Å². The second-order valence-electron chi connectivity index (χ2n) is 3.74. The monoisotopic (exact) mass is 184 g/mol. The highest BCUT2D eigenvalue weighted by Crippen LogP contribution is 2.31. The summed E-state index contributed by atoms with van der Waals surface area (Å²) >= 11 is 0. The van der Waals surface area contributed by atoms with Gasteiger partial charge in [-0.2, -0.15) is 0 Å². The van der Waals surface area contributed by atoms with E-state index in [0.717, 1.165) is 24.8 Å². The third-order valence-corrected chi connectivity index (χ3v) is 2.89. The van der Waals surface area contributed by atoms with Crippen molar-refractivity contribution in [3.8, 4) is 0 Å². The Hall–Kier alpha value is -0.830. The largest absolute Gasteiger partial charge is 0.479 e. The molecule has 0 bridgehead atoms. The third-order valence-electron chi connectivity index (χ3n) is 2.89. The van der Waals surface area contributed by atoms with Crippen LogP contribution in [-0.2, 0) is 4.79 Å². The first-order valence-electron chi connectivity index (χ1n) is 4.64. The second kappa shape index (κ2) is 3.92. The number of carboxylic acid groups (broad SMARTS) is 1. The van der Waals surface area contributed by atoms with Crippen LogP contribution in [0, 0.1) is 5.92 Å². The van der Waals surface area contributed by atoms with Crippen LogP contribution in [0.3, 0.4) is 0 Å². The molecule has 0 aromatic rings. The average molecular weight is 184 g/mol. The van der Waals surface area contributed by atoms with Crippen molar-refractivity contribution in [2.75, 3.05) is 0 Å². The fourth-order valence-electron chi connectivity index (χ4n) is 1.83. The normalized spacial score (nSPS) is 25.9. The summed E-state index contributed by atoms with van der Waals surface area (Å²) in [6.45, 7) is 3.99. The molecule has 0 amide bonds. The summed E-state index contributed by atoms with van der Waals surface area (Å²) in [7, 11) is 0. The number of hydrogen-bond donors (Lipinski definition) is 2. The first-order chi connectivity index (χ1) is 6.04. The van der Waals surface area contributed by atoms with Gasteiger partial charge in [0.25, 0.3) is 0 Å². The lowest BCUT2D eigenvalue weighted by Gasteiger charge is -2.25. The van der Waals surface area contributed by atoms with Crippen LogP contribution in [0.25, 0.3) is 0 Å². The first kappa shape index (κ1) is 10.3. The standard InChI is InChI=1S/C10H16O3/c1-6-4-3-5-8(7(6)2)9(11)10(12)13/h6,9,11H,3-5H2,1-2H3,(H,12,13). The second-order valence-corrected chi connectivity index (χ2v) is 3.74. The summed E-state index contributed by atoms with van der Waals surface area (Å²) in [5.41, 5.74) is 1.77. The van der Waals surface area contributed by atoms with E-state index < -0.39 is 12.1 Å². The molecule has 0 fully saturated rings. The predicted molar refractivity (Wildman–Crippen MR) is 49.4 cm³/mol. The fraction of sp³-hybridized carbons (Fsp3) is 0.700. The molecule has 2 unspecified atom stereocenters. The maximum atomic E-state index is 10.6. The van der Waals surface area contributed by atoms with Crippen molar-refractivity contribution in [3.05, 3.63) is 11.1 Å². The quantitative estimate of drug-likeness (QED) is 0.640. The van der Waals surface area contributed by atoms with E-state index in [1.54, 1.807) is 0 Å². The minimum Gasteiger partial charge on any atom is -0.479 e. The number of aliphatic hydroxyl groups is 1. The molecular formula is C10H16O3. The fourth-order valence-corrected chi connectivity index (χ4v) is 1.83. The number of aliphatic carboxylic acids is 1. The van der Waals surface area contributed by atoms with E-state index in [2.05, 4.69) is 6.92 Å². The molecule has 0 aromatic carbocycles. The summed E-state index contributed by atoms with van der Waals surface area (Å²) in [4.78, 5) is 10.6. The molecular weight excluding hydrogens is 168 g/mol. The van der Waals surface area contributed by atoms with E-state index in [0.29, 0.717) is 11.5 Å². The summed E-state index contributed by atoms with van der Waals surface area (Å²) in [5.74, 6) is -0.721. The van der Waals surface area contributed by atoms with Crippen molar-refractivity contribution in [3.63, 3.8) is 0 Å². The van der Waals surface area contributed by atoms with E-state index in [1.165, 1.54) is 0 Å². The summed E-state index contributed by atoms with van der Waals surface area (Å²) < 4.78 is 0. The molecule has 0 spiro atoms. The molecule has 0 heterocycles. The highest BCUT2D eigenvalue weighted by atomic mass is 16.4. The third kappa shape index (κ3) is 2.10. The van der Waals surface area contributed by atoms with Crippen LogP contribution >= 0.6 is 0 Å². The number of allylic oxidation sites excluding steroid dienone is 1. The Morgan fingerprint density at radius 1 is 1.62 bits per heavy atom. The predicted octanol–water partition coefficient (Wildman–Crippen LogP) is 1.57. The minimum absolute atomic E-state index is 0.415. The number of aliphatic hydroxyl groups excluding tert-OH is 1. The van der Waals surface area contributed by atoms with E-state index in [9.17, 15) is 9.90 Å².